The number of hydrogen-bond acceptors (Lipinski definition) is 1. The monoisotopic (exact) mass is 250 g/mol. The highest BCUT2D eigenvalue weighted by atomic mass is 16.5. The van der Waals surface area contributed by atoms with Crippen molar-refractivity contribution < 1.29 is 4.74 Å². The van der Waals surface area contributed by atoms with Crippen molar-refractivity contribution in [3.05, 3.63) is 58.5 Å². The van der Waals surface area contributed by atoms with Crippen LogP contribution in [0.3, 0.4) is 0 Å². The van der Waals surface area contributed by atoms with E-state index in [1.54, 1.807) is 7.11 Å². The van der Waals surface area contributed by atoms with E-state index in [1.165, 1.54) is 27.1 Å². The minimum atomic E-state index is 0.209. The summed E-state index contributed by atoms with van der Waals surface area (Å²) in [6, 6.07) is 15.3. The SMILES string of the molecule is COC1C=c2cc(-c3cccc(C)c3)ccc2=CC1. The summed E-state index contributed by atoms with van der Waals surface area (Å²) in [4.78, 5) is 0. The Hall–Kier alpha value is -1.86. The number of hydrogen-bond donors (Lipinski definition) is 0. The third-order valence-electron chi connectivity index (χ3n) is 3.68. The van der Waals surface area contributed by atoms with Gasteiger partial charge in [0.2, 0.25) is 0 Å². The molecular weight excluding hydrogens is 232 g/mol. The lowest BCUT2D eigenvalue weighted by molar-refractivity contribution is 0.157. The molecule has 1 nitrogen and oxygen atoms in total. The molecule has 0 heterocycles. The van der Waals surface area contributed by atoms with Crippen molar-refractivity contribution in [3.63, 3.8) is 0 Å². The largest absolute Gasteiger partial charge is 0.377 e. The zero-order valence-corrected chi connectivity index (χ0v) is 11.4. The third-order valence-corrected chi connectivity index (χ3v) is 3.68. The molecule has 1 atom stereocenters. The molecule has 0 spiro atoms. The molecule has 0 amide bonds. The van der Waals surface area contributed by atoms with Gasteiger partial charge in [0.1, 0.15) is 0 Å². The van der Waals surface area contributed by atoms with Gasteiger partial charge in [-0.2, -0.15) is 0 Å². The van der Waals surface area contributed by atoms with E-state index in [4.69, 9.17) is 4.74 Å². The van der Waals surface area contributed by atoms with Crippen LogP contribution in [0.15, 0.2) is 42.5 Å². The number of methoxy groups -OCH3 is 1. The highest BCUT2D eigenvalue weighted by Gasteiger charge is 2.06. The highest BCUT2D eigenvalue weighted by Crippen LogP contribution is 2.18. The van der Waals surface area contributed by atoms with Crippen LogP contribution < -0.4 is 10.4 Å². The molecule has 0 bridgehead atoms. The van der Waals surface area contributed by atoms with E-state index in [0.717, 1.165) is 6.42 Å². The molecule has 3 rings (SSSR count). The van der Waals surface area contributed by atoms with Crippen LogP contribution in [0.25, 0.3) is 23.3 Å². The van der Waals surface area contributed by atoms with Gasteiger partial charge in [0.05, 0.1) is 6.10 Å². The van der Waals surface area contributed by atoms with Crippen molar-refractivity contribution in [1.29, 1.82) is 0 Å². The fourth-order valence-corrected chi connectivity index (χ4v) is 2.58. The molecule has 19 heavy (non-hydrogen) atoms. The van der Waals surface area contributed by atoms with E-state index in [9.17, 15) is 0 Å². The summed E-state index contributed by atoms with van der Waals surface area (Å²) in [5.74, 6) is 0. The first-order valence-corrected chi connectivity index (χ1v) is 6.68. The van der Waals surface area contributed by atoms with Crippen molar-refractivity contribution in [3.8, 4) is 11.1 Å². The van der Waals surface area contributed by atoms with Gasteiger partial charge in [0, 0.05) is 7.11 Å². The van der Waals surface area contributed by atoms with Gasteiger partial charge in [-0.05, 0) is 47.1 Å². The Balaban J connectivity index is 2.12. The van der Waals surface area contributed by atoms with Gasteiger partial charge < -0.3 is 4.74 Å². The molecule has 1 aliphatic rings. The normalized spacial score (nSPS) is 17.3. The fraction of sp³-hybridized carbons (Fsp3) is 0.222. The molecule has 0 N–H and O–H groups in total. The average Bonchev–Trinajstić information content (AvgIpc) is 2.46. The van der Waals surface area contributed by atoms with E-state index in [1.807, 2.05) is 0 Å². The Bertz CT molecular complexity index is 713. The number of fused-ring (bicyclic) bond motifs is 1. The van der Waals surface area contributed by atoms with Crippen molar-refractivity contribution in [2.45, 2.75) is 19.4 Å². The Labute approximate surface area is 113 Å². The quantitative estimate of drug-likeness (QED) is 0.796. The van der Waals surface area contributed by atoms with Crippen molar-refractivity contribution in [2.24, 2.45) is 0 Å². The van der Waals surface area contributed by atoms with Gasteiger partial charge >= 0.3 is 0 Å². The van der Waals surface area contributed by atoms with Gasteiger partial charge in [0.15, 0.2) is 0 Å². The fourth-order valence-electron chi connectivity index (χ4n) is 2.58. The van der Waals surface area contributed by atoms with Crippen LogP contribution in [-0.4, -0.2) is 13.2 Å². The van der Waals surface area contributed by atoms with Crippen molar-refractivity contribution in [1.82, 2.24) is 0 Å². The van der Waals surface area contributed by atoms with Crippen LogP contribution in [0.4, 0.5) is 0 Å². The van der Waals surface area contributed by atoms with Crippen molar-refractivity contribution in [2.75, 3.05) is 7.11 Å². The molecule has 0 saturated heterocycles. The molecule has 1 aliphatic carbocycles. The van der Waals surface area contributed by atoms with Crippen LogP contribution in [0.2, 0.25) is 0 Å². The van der Waals surface area contributed by atoms with Crippen molar-refractivity contribution >= 4 is 12.2 Å². The lowest BCUT2D eigenvalue weighted by Gasteiger charge is -2.12. The van der Waals surface area contributed by atoms with Gasteiger partial charge in [-0.3, -0.25) is 0 Å². The smallest absolute Gasteiger partial charge is 0.0795 e. The maximum atomic E-state index is 5.43. The van der Waals surface area contributed by atoms with Crippen LogP contribution in [0, 0.1) is 6.92 Å². The zero-order chi connectivity index (χ0) is 13.2. The van der Waals surface area contributed by atoms with Crippen LogP contribution in [-0.2, 0) is 4.74 Å². The first-order chi connectivity index (χ1) is 9.26. The van der Waals surface area contributed by atoms with Crippen LogP contribution >= 0.6 is 0 Å². The first kappa shape index (κ1) is 12.2. The molecule has 0 radical (unpaired) electrons. The minimum absolute atomic E-state index is 0.209. The van der Waals surface area contributed by atoms with E-state index in [-0.39, 0.29) is 6.10 Å². The number of benzene rings is 2. The summed E-state index contributed by atoms with van der Waals surface area (Å²) < 4.78 is 5.43. The summed E-state index contributed by atoms with van der Waals surface area (Å²) in [5, 5.41) is 2.59. The Morgan fingerprint density at radius 3 is 2.63 bits per heavy atom. The maximum absolute atomic E-state index is 5.43. The van der Waals surface area contributed by atoms with Gasteiger partial charge in [-0.25, -0.2) is 0 Å². The van der Waals surface area contributed by atoms with Crippen LogP contribution in [0.5, 0.6) is 0 Å². The third kappa shape index (κ3) is 2.47. The standard InChI is InChI=1S/C18H18O/c1-13-4-3-5-15(10-13)16-7-6-14-8-9-18(19-2)12-17(14)11-16/h3-8,10-12,18H,9H2,1-2H3. The Kier molecular flexibility index (Phi) is 3.22. The van der Waals surface area contributed by atoms with Gasteiger partial charge in [0.25, 0.3) is 0 Å². The summed E-state index contributed by atoms with van der Waals surface area (Å²) in [5.41, 5.74) is 3.83. The second-order valence-corrected chi connectivity index (χ2v) is 5.09. The van der Waals surface area contributed by atoms with Gasteiger partial charge in [-0.15, -0.1) is 0 Å². The molecule has 0 aromatic heterocycles. The molecule has 96 valence electrons. The molecule has 0 aliphatic heterocycles. The lowest BCUT2D eigenvalue weighted by atomic mass is 9.99. The number of ether oxygens (including phenoxy) is 1. The zero-order valence-electron chi connectivity index (χ0n) is 11.4. The topological polar surface area (TPSA) is 9.23 Å². The number of rotatable bonds is 2. The molecule has 2 aromatic rings. The Morgan fingerprint density at radius 1 is 1.00 bits per heavy atom. The predicted octanol–water partition coefficient (Wildman–Crippen LogP) is 2.64. The summed E-state index contributed by atoms with van der Waals surface area (Å²) in [6.45, 7) is 2.13. The van der Waals surface area contributed by atoms with Crippen LogP contribution in [0.1, 0.15) is 12.0 Å². The number of aryl methyl sites for hydroxylation is 1. The molecule has 0 saturated carbocycles. The van der Waals surface area contributed by atoms with E-state index >= 15 is 0 Å². The van der Waals surface area contributed by atoms with Gasteiger partial charge in [-0.1, -0.05) is 48.0 Å². The summed E-state index contributed by atoms with van der Waals surface area (Å²) in [6.07, 6.45) is 5.64. The summed E-state index contributed by atoms with van der Waals surface area (Å²) in [7, 11) is 1.77. The van der Waals surface area contributed by atoms with E-state index < -0.39 is 0 Å². The minimum Gasteiger partial charge on any atom is -0.377 e. The second kappa shape index (κ2) is 5.02. The van der Waals surface area contributed by atoms with E-state index in [0.29, 0.717) is 0 Å². The first-order valence-electron chi connectivity index (χ1n) is 6.68. The molecular formula is C18H18O. The average molecular weight is 250 g/mol. The molecule has 1 unspecified atom stereocenters. The second-order valence-electron chi connectivity index (χ2n) is 5.09. The predicted molar refractivity (Wildman–Crippen MR) is 80.2 cm³/mol. The Morgan fingerprint density at radius 2 is 1.84 bits per heavy atom. The lowest BCUT2D eigenvalue weighted by Crippen LogP contribution is -2.31. The molecule has 1 heteroatoms. The molecule has 0 fully saturated rings. The maximum Gasteiger partial charge on any atom is 0.0795 e. The molecule has 2 aromatic carbocycles. The van der Waals surface area contributed by atoms with E-state index in [2.05, 4.69) is 61.5 Å². The summed E-state index contributed by atoms with van der Waals surface area (Å²) >= 11 is 0. The highest BCUT2D eigenvalue weighted by molar-refractivity contribution is 5.65.